The van der Waals surface area contributed by atoms with E-state index in [9.17, 15) is 4.79 Å². The molecule has 4 heteroatoms. The average molecular weight is 269 g/mol. The van der Waals surface area contributed by atoms with Gasteiger partial charge < -0.3 is 9.47 Å². The number of esters is 1. The van der Waals surface area contributed by atoms with E-state index in [1.54, 1.807) is 7.11 Å². The predicted molar refractivity (Wildman–Crippen MR) is 70.1 cm³/mol. The largest absolute Gasteiger partial charge is 0.495 e. The molecule has 1 aromatic rings. The number of halogens is 1. The highest BCUT2D eigenvalue weighted by Gasteiger charge is 2.34. The fraction of sp³-hybridized carbons (Fsp3) is 0.500. The van der Waals surface area contributed by atoms with Crippen molar-refractivity contribution in [2.45, 2.75) is 25.2 Å². The molecule has 18 heavy (non-hydrogen) atoms. The molecule has 1 unspecified atom stereocenters. The molecule has 0 spiro atoms. The first-order valence-corrected chi connectivity index (χ1v) is 6.43. The number of hydrogen-bond donors (Lipinski definition) is 0. The highest BCUT2D eigenvalue weighted by molar-refractivity contribution is 6.32. The van der Waals surface area contributed by atoms with E-state index >= 15 is 0 Å². The number of benzene rings is 1. The van der Waals surface area contributed by atoms with Gasteiger partial charge in [0.05, 0.1) is 25.7 Å². The van der Waals surface area contributed by atoms with Crippen molar-refractivity contribution in [3.63, 3.8) is 0 Å². The van der Waals surface area contributed by atoms with E-state index in [0.29, 0.717) is 23.1 Å². The summed E-state index contributed by atoms with van der Waals surface area (Å²) in [7, 11) is 3.01. The maximum Gasteiger partial charge on any atom is 0.306 e. The Bertz CT molecular complexity index is 441. The molecule has 0 N–H and O–H groups in total. The fourth-order valence-electron chi connectivity index (χ4n) is 2.23. The third-order valence-electron chi connectivity index (χ3n) is 3.41. The molecule has 1 atom stereocenters. The predicted octanol–water partition coefficient (Wildman–Crippen LogP) is 3.41. The van der Waals surface area contributed by atoms with Crippen molar-refractivity contribution in [3.05, 3.63) is 28.8 Å². The lowest BCUT2D eigenvalue weighted by Crippen LogP contribution is -2.10. The topological polar surface area (TPSA) is 35.5 Å². The minimum atomic E-state index is -0.168. The molecule has 0 heterocycles. The normalized spacial score (nSPS) is 16.2. The maximum absolute atomic E-state index is 11.5. The molecule has 0 saturated heterocycles. The van der Waals surface area contributed by atoms with Gasteiger partial charge in [0.25, 0.3) is 0 Å². The highest BCUT2D eigenvalue weighted by Crippen LogP contribution is 2.45. The second-order valence-corrected chi connectivity index (χ2v) is 5.03. The molecule has 1 aliphatic rings. The van der Waals surface area contributed by atoms with E-state index in [0.717, 1.165) is 5.56 Å². The van der Waals surface area contributed by atoms with E-state index in [-0.39, 0.29) is 11.9 Å². The summed E-state index contributed by atoms with van der Waals surface area (Å²) in [5.74, 6) is 1.28. The minimum absolute atomic E-state index is 0.168. The van der Waals surface area contributed by atoms with Gasteiger partial charge in [-0.15, -0.1) is 0 Å². The first kappa shape index (κ1) is 13.2. The Morgan fingerprint density at radius 3 is 2.67 bits per heavy atom. The van der Waals surface area contributed by atoms with Crippen LogP contribution in [0, 0.1) is 5.92 Å². The molecule has 0 aliphatic heterocycles. The van der Waals surface area contributed by atoms with E-state index in [4.69, 9.17) is 21.1 Å². The van der Waals surface area contributed by atoms with Gasteiger partial charge in [0.2, 0.25) is 0 Å². The number of methoxy groups -OCH3 is 2. The van der Waals surface area contributed by atoms with Gasteiger partial charge in [-0.3, -0.25) is 4.79 Å². The third kappa shape index (κ3) is 2.96. The van der Waals surface area contributed by atoms with Crippen LogP contribution < -0.4 is 4.74 Å². The lowest BCUT2D eigenvalue weighted by atomic mass is 9.91. The van der Waals surface area contributed by atoms with Gasteiger partial charge in [-0.25, -0.2) is 0 Å². The van der Waals surface area contributed by atoms with E-state index in [2.05, 4.69) is 0 Å². The van der Waals surface area contributed by atoms with Crippen LogP contribution in [0.2, 0.25) is 5.02 Å². The van der Waals surface area contributed by atoms with E-state index in [1.807, 2.05) is 18.2 Å². The van der Waals surface area contributed by atoms with Crippen LogP contribution in [0.25, 0.3) is 0 Å². The Labute approximate surface area is 112 Å². The lowest BCUT2D eigenvalue weighted by Gasteiger charge is -2.16. The zero-order valence-corrected chi connectivity index (χ0v) is 11.4. The molecule has 0 bridgehead atoms. The molecular formula is C14H17ClO3. The summed E-state index contributed by atoms with van der Waals surface area (Å²) < 4.78 is 9.89. The van der Waals surface area contributed by atoms with Crippen LogP contribution in [-0.4, -0.2) is 20.2 Å². The Kier molecular flexibility index (Phi) is 4.12. The molecule has 1 saturated carbocycles. The van der Waals surface area contributed by atoms with Crippen molar-refractivity contribution >= 4 is 17.6 Å². The molecule has 2 rings (SSSR count). The molecule has 0 amide bonds. The summed E-state index contributed by atoms with van der Waals surface area (Å²) in [6.45, 7) is 0. The highest BCUT2D eigenvalue weighted by atomic mass is 35.5. The summed E-state index contributed by atoms with van der Waals surface area (Å²) in [6.07, 6.45) is 2.76. The van der Waals surface area contributed by atoms with Crippen LogP contribution in [0.5, 0.6) is 5.75 Å². The molecule has 3 nitrogen and oxygen atoms in total. The van der Waals surface area contributed by atoms with E-state index in [1.165, 1.54) is 20.0 Å². The van der Waals surface area contributed by atoms with Gasteiger partial charge in [0.1, 0.15) is 5.75 Å². The fourth-order valence-corrected chi connectivity index (χ4v) is 2.50. The summed E-state index contributed by atoms with van der Waals surface area (Å²) in [4.78, 5) is 11.5. The molecule has 1 aromatic carbocycles. The molecule has 1 aliphatic carbocycles. The van der Waals surface area contributed by atoms with Crippen molar-refractivity contribution in [2.75, 3.05) is 14.2 Å². The number of carbonyl (C=O) groups is 1. The Morgan fingerprint density at radius 1 is 1.44 bits per heavy atom. The van der Waals surface area contributed by atoms with Gasteiger partial charge >= 0.3 is 5.97 Å². The van der Waals surface area contributed by atoms with Crippen molar-refractivity contribution in [2.24, 2.45) is 5.92 Å². The second kappa shape index (κ2) is 5.61. The van der Waals surface area contributed by atoms with Gasteiger partial charge in [-0.2, -0.15) is 0 Å². The number of carbonyl (C=O) groups excluding carboxylic acids is 1. The maximum atomic E-state index is 11.5. The zero-order chi connectivity index (χ0) is 13.1. The molecule has 0 radical (unpaired) electrons. The quantitative estimate of drug-likeness (QED) is 0.768. The number of ether oxygens (including phenoxy) is 2. The molecule has 0 aromatic heterocycles. The van der Waals surface area contributed by atoms with Crippen molar-refractivity contribution in [1.29, 1.82) is 0 Å². The minimum Gasteiger partial charge on any atom is -0.495 e. The van der Waals surface area contributed by atoms with Crippen LogP contribution in [0.1, 0.15) is 30.7 Å². The van der Waals surface area contributed by atoms with Crippen LogP contribution in [0.3, 0.4) is 0 Å². The van der Waals surface area contributed by atoms with Crippen LogP contribution in [0.4, 0.5) is 0 Å². The lowest BCUT2D eigenvalue weighted by molar-refractivity contribution is -0.141. The summed E-state index contributed by atoms with van der Waals surface area (Å²) in [5, 5.41) is 0.588. The Morgan fingerprint density at radius 2 is 2.17 bits per heavy atom. The van der Waals surface area contributed by atoms with E-state index < -0.39 is 0 Å². The average Bonchev–Trinajstić information content (AvgIpc) is 3.19. The Balaban J connectivity index is 2.20. The third-order valence-corrected chi connectivity index (χ3v) is 3.70. The summed E-state index contributed by atoms with van der Waals surface area (Å²) in [6, 6.07) is 5.73. The monoisotopic (exact) mass is 268 g/mol. The van der Waals surface area contributed by atoms with Crippen LogP contribution >= 0.6 is 11.6 Å². The second-order valence-electron chi connectivity index (χ2n) is 4.62. The number of rotatable bonds is 5. The first-order chi connectivity index (χ1) is 8.65. The SMILES string of the molecule is COC(=O)CC(c1ccc(OC)c(Cl)c1)C1CC1. The molecule has 98 valence electrons. The number of hydrogen-bond acceptors (Lipinski definition) is 3. The van der Waals surface area contributed by atoms with Crippen molar-refractivity contribution < 1.29 is 14.3 Å². The van der Waals surface area contributed by atoms with Gasteiger partial charge in [-0.05, 0) is 42.4 Å². The van der Waals surface area contributed by atoms with Gasteiger partial charge in [0, 0.05) is 0 Å². The van der Waals surface area contributed by atoms with Crippen LogP contribution in [0.15, 0.2) is 18.2 Å². The first-order valence-electron chi connectivity index (χ1n) is 6.06. The zero-order valence-electron chi connectivity index (χ0n) is 10.6. The molecular weight excluding hydrogens is 252 g/mol. The van der Waals surface area contributed by atoms with Gasteiger partial charge in [0.15, 0.2) is 0 Å². The summed E-state index contributed by atoms with van der Waals surface area (Å²) >= 11 is 6.13. The van der Waals surface area contributed by atoms with Crippen molar-refractivity contribution in [3.8, 4) is 5.75 Å². The van der Waals surface area contributed by atoms with Crippen molar-refractivity contribution in [1.82, 2.24) is 0 Å². The smallest absolute Gasteiger partial charge is 0.306 e. The standard InChI is InChI=1S/C14H17ClO3/c1-17-13-6-5-10(7-12(13)15)11(9-3-4-9)8-14(16)18-2/h5-7,9,11H,3-4,8H2,1-2H3. The summed E-state index contributed by atoms with van der Waals surface area (Å²) in [5.41, 5.74) is 1.09. The van der Waals surface area contributed by atoms with Crippen LogP contribution in [-0.2, 0) is 9.53 Å². The van der Waals surface area contributed by atoms with Gasteiger partial charge in [-0.1, -0.05) is 17.7 Å². The molecule has 1 fully saturated rings. The Hall–Kier alpha value is -1.22.